The first-order valence-corrected chi connectivity index (χ1v) is 11.0. The van der Waals surface area contributed by atoms with Crippen LogP contribution in [-0.4, -0.2) is 44.7 Å². The number of carboxylic acid groups (broad SMARTS) is 1. The third-order valence-corrected chi connectivity index (χ3v) is 6.31. The molecule has 1 aliphatic rings. The highest BCUT2D eigenvalue weighted by atomic mass is 35.5. The lowest BCUT2D eigenvalue weighted by atomic mass is 10.2. The van der Waals surface area contributed by atoms with Gasteiger partial charge < -0.3 is 14.7 Å². The van der Waals surface area contributed by atoms with E-state index < -0.39 is 16.0 Å². The number of halogens is 1. The molecule has 2 heterocycles. The highest BCUT2D eigenvalue weighted by molar-refractivity contribution is 7.92. The van der Waals surface area contributed by atoms with Crippen molar-refractivity contribution in [2.45, 2.75) is 30.6 Å². The Balaban J connectivity index is 1.94. The van der Waals surface area contributed by atoms with Gasteiger partial charge in [0.25, 0.3) is 10.0 Å². The van der Waals surface area contributed by atoms with Crippen molar-refractivity contribution in [1.82, 2.24) is 4.98 Å². The molecule has 29 heavy (non-hydrogen) atoms. The Morgan fingerprint density at radius 2 is 1.90 bits per heavy atom. The molecule has 1 saturated heterocycles. The number of hydrogen-bond acceptors (Lipinski definition) is 6. The van der Waals surface area contributed by atoms with Gasteiger partial charge in [-0.1, -0.05) is 24.4 Å². The first-order valence-electron chi connectivity index (χ1n) is 9.16. The summed E-state index contributed by atoms with van der Waals surface area (Å²) in [7, 11) is -2.72. The number of anilines is 2. The standard InChI is InChI=1S/C19H22ClN3O5S/c1-28-16-7-6-13(20)10-17(16)29(26,27)22-14-11-15(19(24)25)18(21-12-14)23-8-4-2-3-5-9-23/h6-7,10-12,22H,2-5,8-9H2,1H3,(H,24,25). The number of hydrogen-bond donors (Lipinski definition) is 2. The second-order valence-corrected chi connectivity index (χ2v) is 8.79. The summed E-state index contributed by atoms with van der Waals surface area (Å²) < 4.78 is 33.1. The minimum absolute atomic E-state index is 0.0444. The lowest BCUT2D eigenvalue weighted by Crippen LogP contribution is -2.27. The molecular formula is C19H22ClN3O5S. The van der Waals surface area contributed by atoms with Gasteiger partial charge in [-0.2, -0.15) is 0 Å². The van der Waals surface area contributed by atoms with Crippen molar-refractivity contribution >= 4 is 39.1 Å². The lowest BCUT2D eigenvalue weighted by Gasteiger charge is -2.23. The van der Waals surface area contributed by atoms with Gasteiger partial charge in [0, 0.05) is 18.1 Å². The van der Waals surface area contributed by atoms with Crippen LogP contribution in [0.5, 0.6) is 5.75 Å². The van der Waals surface area contributed by atoms with E-state index >= 15 is 0 Å². The zero-order valence-corrected chi connectivity index (χ0v) is 17.5. The van der Waals surface area contributed by atoms with Gasteiger partial charge in [-0.05, 0) is 37.1 Å². The predicted octanol–water partition coefficient (Wildman–Crippen LogP) is 3.62. The fraction of sp³-hybridized carbons (Fsp3) is 0.368. The van der Waals surface area contributed by atoms with Crippen molar-refractivity contribution in [2.75, 3.05) is 29.8 Å². The number of sulfonamides is 1. The van der Waals surface area contributed by atoms with Gasteiger partial charge in [0.2, 0.25) is 0 Å². The highest BCUT2D eigenvalue weighted by Crippen LogP contribution is 2.30. The van der Waals surface area contributed by atoms with E-state index in [0.29, 0.717) is 5.82 Å². The zero-order chi connectivity index (χ0) is 21.0. The van der Waals surface area contributed by atoms with Crippen LogP contribution >= 0.6 is 11.6 Å². The molecule has 0 unspecified atom stereocenters. The Morgan fingerprint density at radius 3 is 2.52 bits per heavy atom. The van der Waals surface area contributed by atoms with E-state index in [-0.39, 0.29) is 26.9 Å². The average Bonchev–Trinajstić information content (AvgIpc) is 2.97. The maximum absolute atomic E-state index is 12.8. The monoisotopic (exact) mass is 439 g/mol. The van der Waals surface area contributed by atoms with Gasteiger partial charge >= 0.3 is 5.97 Å². The number of aromatic nitrogens is 1. The first-order chi connectivity index (χ1) is 13.8. The van der Waals surface area contributed by atoms with Crippen LogP contribution in [0.25, 0.3) is 0 Å². The number of carboxylic acids is 1. The summed E-state index contributed by atoms with van der Waals surface area (Å²) in [5.74, 6) is -0.699. The third-order valence-electron chi connectivity index (χ3n) is 4.67. The van der Waals surface area contributed by atoms with Crippen molar-refractivity contribution in [2.24, 2.45) is 0 Å². The van der Waals surface area contributed by atoms with Crippen molar-refractivity contribution < 1.29 is 23.1 Å². The number of nitrogens with zero attached hydrogens (tertiary/aromatic N) is 2. The van der Waals surface area contributed by atoms with Crippen molar-refractivity contribution in [3.63, 3.8) is 0 Å². The molecule has 0 spiro atoms. The summed E-state index contributed by atoms with van der Waals surface area (Å²) in [4.78, 5) is 17.9. The molecule has 8 nitrogen and oxygen atoms in total. The van der Waals surface area contributed by atoms with Crippen LogP contribution in [0.15, 0.2) is 35.4 Å². The van der Waals surface area contributed by atoms with Crippen LogP contribution in [0.2, 0.25) is 5.02 Å². The SMILES string of the molecule is COc1ccc(Cl)cc1S(=O)(=O)Nc1cnc(N2CCCCCC2)c(C(=O)O)c1. The van der Waals surface area contributed by atoms with E-state index in [9.17, 15) is 18.3 Å². The van der Waals surface area contributed by atoms with Crippen LogP contribution in [0.3, 0.4) is 0 Å². The Kier molecular flexibility index (Phi) is 6.49. The summed E-state index contributed by atoms with van der Waals surface area (Å²) in [6.07, 6.45) is 5.44. The van der Waals surface area contributed by atoms with Gasteiger partial charge in [0.15, 0.2) is 0 Å². The van der Waals surface area contributed by atoms with E-state index in [2.05, 4.69) is 9.71 Å². The Hall–Kier alpha value is -2.52. The zero-order valence-electron chi connectivity index (χ0n) is 15.9. The van der Waals surface area contributed by atoms with Gasteiger partial charge in [0.05, 0.1) is 19.0 Å². The molecule has 2 aromatic rings. The molecule has 3 rings (SSSR count). The number of rotatable bonds is 6. The molecule has 156 valence electrons. The van der Waals surface area contributed by atoms with E-state index in [1.807, 2.05) is 4.90 Å². The quantitative estimate of drug-likeness (QED) is 0.707. The molecule has 10 heteroatoms. The molecule has 0 radical (unpaired) electrons. The number of nitrogens with one attached hydrogen (secondary N) is 1. The molecule has 0 aliphatic carbocycles. The van der Waals surface area contributed by atoms with Crippen molar-refractivity contribution in [1.29, 1.82) is 0 Å². The number of pyridine rings is 1. The molecule has 2 N–H and O–H groups in total. The summed E-state index contributed by atoms with van der Waals surface area (Å²) >= 11 is 5.93. The second kappa shape index (κ2) is 8.87. The highest BCUT2D eigenvalue weighted by Gasteiger charge is 2.23. The fourth-order valence-electron chi connectivity index (χ4n) is 3.28. The molecule has 1 aliphatic heterocycles. The van der Waals surface area contributed by atoms with E-state index in [0.717, 1.165) is 38.8 Å². The Morgan fingerprint density at radius 1 is 1.21 bits per heavy atom. The Labute approximate surface area is 174 Å². The van der Waals surface area contributed by atoms with E-state index in [4.69, 9.17) is 16.3 Å². The summed E-state index contributed by atoms with van der Waals surface area (Å²) in [6, 6.07) is 5.50. The molecule has 1 aromatic heterocycles. The summed E-state index contributed by atoms with van der Waals surface area (Å²) in [5.41, 5.74) is -0.00633. The number of benzene rings is 1. The maximum atomic E-state index is 12.8. The van der Waals surface area contributed by atoms with Crippen LogP contribution in [-0.2, 0) is 10.0 Å². The molecule has 0 atom stereocenters. The van der Waals surface area contributed by atoms with Crippen LogP contribution < -0.4 is 14.4 Å². The predicted molar refractivity (Wildman–Crippen MR) is 111 cm³/mol. The van der Waals surface area contributed by atoms with Gasteiger partial charge in [0.1, 0.15) is 22.0 Å². The summed E-state index contributed by atoms with van der Waals surface area (Å²) in [5, 5.41) is 9.87. The smallest absolute Gasteiger partial charge is 0.339 e. The topological polar surface area (TPSA) is 109 Å². The van der Waals surface area contributed by atoms with Crippen molar-refractivity contribution in [3.05, 3.63) is 41.0 Å². The average molecular weight is 440 g/mol. The minimum atomic E-state index is -4.07. The fourth-order valence-corrected chi connectivity index (χ4v) is 4.74. The molecule has 1 aromatic carbocycles. The molecule has 0 bridgehead atoms. The molecular weight excluding hydrogens is 418 g/mol. The third kappa shape index (κ3) is 4.91. The van der Waals surface area contributed by atoms with Gasteiger partial charge in [-0.25, -0.2) is 18.2 Å². The van der Waals surface area contributed by atoms with Gasteiger partial charge in [-0.15, -0.1) is 0 Å². The number of methoxy groups -OCH3 is 1. The first kappa shape index (κ1) is 21.2. The second-order valence-electron chi connectivity index (χ2n) is 6.70. The Bertz CT molecular complexity index is 1000. The normalized spacial score (nSPS) is 14.9. The van der Waals surface area contributed by atoms with Gasteiger partial charge in [-0.3, -0.25) is 4.72 Å². The molecule has 1 fully saturated rings. The maximum Gasteiger partial charge on any atom is 0.339 e. The van der Waals surface area contributed by atoms with E-state index in [1.165, 1.54) is 37.6 Å². The number of carbonyl (C=O) groups is 1. The summed E-state index contributed by atoms with van der Waals surface area (Å²) in [6.45, 7) is 1.44. The van der Waals surface area contributed by atoms with E-state index in [1.54, 1.807) is 0 Å². The largest absolute Gasteiger partial charge is 0.495 e. The number of ether oxygens (including phenoxy) is 1. The molecule has 0 saturated carbocycles. The van der Waals surface area contributed by atoms with Crippen LogP contribution in [0, 0.1) is 0 Å². The van der Waals surface area contributed by atoms with Crippen molar-refractivity contribution in [3.8, 4) is 5.75 Å². The molecule has 0 amide bonds. The minimum Gasteiger partial charge on any atom is -0.495 e. The number of aromatic carboxylic acids is 1. The lowest BCUT2D eigenvalue weighted by molar-refractivity contribution is 0.0697. The van der Waals surface area contributed by atoms with Crippen LogP contribution in [0.1, 0.15) is 36.0 Å². The van der Waals surface area contributed by atoms with Crippen LogP contribution in [0.4, 0.5) is 11.5 Å².